The fourth-order valence-corrected chi connectivity index (χ4v) is 2.93. The van der Waals surface area contributed by atoms with Crippen molar-refractivity contribution >= 4 is 11.8 Å². The molecule has 1 aliphatic rings. The molecule has 2 heterocycles. The summed E-state index contributed by atoms with van der Waals surface area (Å²) in [5.74, 6) is 2.56. The topological polar surface area (TPSA) is 50.3 Å². The quantitative estimate of drug-likeness (QED) is 0.916. The molecule has 0 unspecified atom stereocenters. The molecular formula is C18H24N4O. The molecule has 1 aromatic carbocycles. The lowest BCUT2D eigenvalue weighted by atomic mass is 10.2. The first-order valence-corrected chi connectivity index (χ1v) is 8.30. The number of nitrogens with one attached hydrogen (secondary N) is 1. The molecule has 0 atom stereocenters. The van der Waals surface area contributed by atoms with Gasteiger partial charge in [0.05, 0.1) is 7.11 Å². The molecule has 5 heteroatoms. The Hall–Kier alpha value is -2.30. The molecule has 1 N–H and O–H groups in total. The van der Waals surface area contributed by atoms with Crippen molar-refractivity contribution in [3.05, 3.63) is 42.1 Å². The summed E-state index contributed by atoms with van der Waals surface area (Å²) < 4.78 is 5.38. The maximum absolute atomic E-state index is 5.38. The van der Waals surface area contributed by atoms with Crippen molar-refractivity contribution in [2.45, 2.75) is 32.2 Å². The van der Waals surface area contributed by atoms with Gasteiger partial charge >= 0.3 is 0 Å². The van der Waals surface area contributed by atoms with Crippen LogP contribution in [0.25, 0.3) is 0 Å². The minimum absolute atomic E-state index is 0.646. The van der Waals surface area contributed by atoms with Gasteiger partial charge in [-0.3, -0.25) is 0 Å². The van der Waals surface area contributed by atoms with Gasteiger partial charge in [-0.25, -0.2) is 4.98 Å². The van der Waals surface area contributed by atoms with E-state index in [2.05, 4.69) is 20.2 Å². The monoisotopic (exact) mass is 312 g/mol. The Morgan fingerprint density at radius 1 is 1.09 bits per heavy atom. The summed E-state index contributed by atoms with van der Waals surface area (Å²) in [6.45, 7) is 2.82. The molecule has 0 aliphatic carbocycles. The summed E-state index contributed by atoms with van der Waals surface area (Å²) in [6.07, 6.45) is 6.96. The summed E-state index contributed by atoms with van der Waals surface area (Å²) >= 11 is 0. The molecule has 1 fully saturated rings. The molecule has 0 bridgehead atoms. The van der Waals surface area contributed by atoms with E-state index in [1.54, 1.807) is 7.11 Å². The van der Waals surface area contributed by atoms with E-state index >= 15 is 0 Å². The van der Waals surface area contributed by atoms with E-state index in [0.29, 0.717) is 12.5 Å². The summed E-state index contributed by atoms with van der Waals surface area (Å²) in [5, 5.41) is 3.30. The zero-order valence-electron chi connectivity index (χ0n) is 13.7. The van der Waals surface area contributed by atoms with Crippen LogP contribution < -0.4 is 15.0 Å². The zero-order chi connectivity index (χ0) is 15.9. The summed E-state index contributed by atoms with van der Waals surface area (Å²) in [6, 6.07) is 9.99. The van der Waals surface area contributed by atoms with E-state index in [0.717, 1.165) is 30.2 Å². The van der Waals surface area contributed by atoms with Crippen LogP contribution in [-0.2, 0) is 6.54 Å². The van der Waals surface area contributed by atoms with Crippen LogP contribution in [-0.4, -0.2) is 30.2 Å². The van der Waals surface area contributed by atoms with E-state index < -0.39 is 0 Å². The molecule has 0 spiro atoms. The SMILES string of the molecule is COc1ccccc1CNc1nccc(N2CCCCCC2)n1. The minimum atomic E-state index is 0.646. The highest BCUT2D eigenvalue weighted by Gasteiger charge is 2.12. The van der Waals surface area contributed by atoms with Crippen LogP contribution in [0.4, 0.5) is 11.8 Å². The van der Waals surface area contributed by atoms with E-state index in [9.17, 15) is 0 Å². The number of hydrogen-bond donors (Lipinski definition) is 1. The van der Waals surface area contributed by atoms with Crippen molar-refractivity contribution in [1.29, 1.82) is 0 Å². The van der Waals surface area contributed by atoms with Gasteiger partial charge in [-0.15, -0.1) is 0 Å². The Morgan fingerprint density at radius 3 is 2.65 bits per heavy atom. The van der Waals surface area contributed by atoms with Crippen molar-refractivity contribution in [2.75, 3.05) is 30.4 Å². The van der Waals surface area contributed by atoms with Gasteiger partial charge in [0, 0.05) is 31.4 Å². The van der Waals surface area contributed by atoms with E-state index in [1.807, 2.05) is 36.5 Å². The number of rotatable bonds is 5. The minimum Gasteiger partial charge on any atom is -0.496 e. The third kappa shape index (κ3) is 4.12. The van der Waals surface area contributed by atoms with Crippen LogP contribution in [0.3, 0.4) is 0 Å². The summed E-state index contributed by atoms with van der Waals surface area (Å²) in [4.78, 5) is 11.4. The van der Waals surface area contributed by atoms with Crippen molar-refractivity contribution < 1.29 is 4.74 Å². The Bertz CT molecular complexity index is 624. The Labute approximate surface area is 137 Å². The van der Waals surface area contributed by atoms with Crippen molar-refractivity contribution in [1.82, 2.24) is 9.97 Å². The van der Waals surface area contributed by atoms with Gasteiger partial charge in [-0.2, -0.15) is 4.98 Å². The molecule has 0 amide bonds. The standard InChI is InChI=1S/C18H24N4O/c1-23-16-9-5-4-8-15(16)14-20-18-19-11-10-17(21-18)22-12-6-2-3-7-13-22/h4-5,8-11H,2-3,6-7,12-14H2,1H3,(H,19,20,21). The zero-order valence-corrected chi connectivity index (χ0v) is 13.7. The van der Waals surface area contributed by atoms with Crippen LogP contribution in [0.2, 0.25) is 0 Å². The number of anilines is 2. The highest BCUT2D eigenvalue weighted by atomic mass is 16.5. The molecule has 1 aliphatic heterocycles. The number of nitrogens with zero attached hydrogens (tertiary/aromatic N) is 3. The van der Waals surface area contributed by atoms with Crippen LogP contribution in [0.15, 0.2) is 36.5 Å². The van der Waals surface area contributed by atoms with Crippen LogP contribution in [0, 0.1) is 0 Å². The maximum Gasteiger partial charge on any atom is 0.224 e. The van der Waals surface area contributed by atoms with E-state index in [4.69, 9.17) is 4.74 Å². The summed E-state index contributed by atoms with van der Waals surface area (Å²) in [7, 11) is 1.69. The second-order valence-electron chi connectivity index (χ2n) is 5.81. The lowest BCUT2D eigenvalue weighted by molar-refractivity contribution is 0.410. The molecule has 1 saturated heterocycles. The van der Waals surface area contributed by atoms with E-state index in [-0.39, 0.29) is 0 Å². The molecule has 0 saturated carbocycles. The molecule has 0 radical (unpaired) electrons. The third-order valence-corrected chi connectivity index (χ3v) is 4.20. The van der Waals surface area contributed by atoms with Gasteiger partial charge in [-0.05, 0) is 25.0 Å². The molecule has 23 heavy (non-hydrogen) atoms. The summed E-state index contributed by atoms with van der Waals surface area (Å²) in [5.41, 5.74) is 1.10. The predicted molar refractivity (Wildman–Crippen MR) is 93.0 cm³/mol. The number of ether oxygens (including phenoxy) is 1. The Kier molecular flexibility index (Phi) is 5.29. The van der Waals surface area contributed by atoms with Crippen molar-refractivity contribution in [2.24, 2.45) is 0 Å². The number of para-hydroxylation sites is 1. The lowest BCUT2D eigenvalue weighted by Crippen LogP contribution is -2.25. The highest BCUT2D eigenvalue weighted by Crippen LogP contribution is 2.20. The van der Waals surface area contributed by atoms with Crippen LogP contribution in [0.1, 0.15) is 31.2 Å². The second kappa shape index (κ2) is 7.81. The normalized spacial score (nSPS) is 15.1. The predicted octanol–water partition coefficient (Wildman–Crippen LogP) is 3.48. The number of methoxy groups -OCH3 is 1. The largest absolute Gasteiger partial charge is 0.496 e. The highest BCUT2D eigenvalue weighted by molar-refractivity contribution is 5.43. The smallest absolute Gasteiger partial charge is 0.224 e. The first kappa shape index (κ1) is 15.6. The van der Waals surface area contributed by atoms with E-state index in [1.165, 1.54) is 25.7 Å². The fourth-order valence-electron chi connectivity index (χ4n) is 2.93. The Balaban J connectivity index is 1.67. The van der Waals surface area contributed by atoms with Gasteiger partial charge < -0.3 is 15.0 Å². The van der Waals surface area contributed by atoms with Crippen LogP contribution >= 0.6 is 0 Å². The van der Waals surface area contributed by atoms with Crippen molar-refractivity contribution in [3.63, 3.8) is 0 Å². The fraction of sp³-hybridized carbons (Fsp3) is 0.444. The number of benzene rings is 1. The average Bonchev–Trinajstić information content (AvgIpc) is 2.90. The first-order chi connectivity index (χ1) is 11.4. The van der Waals surface area contributed by atoms with Gasteiger partial charge in [0.15, 0.2) is 0 Å². The molecule has 122 valence electrons. The Morgan fingerprint density at radius 2 is 1.87 bits per heavy atom. The molecular weight excluding hydrogens is 288 g/mol. The van der Waals surface area contributed by atoms with Crippen LogP contribution in [0.5, 0.6) is 5.75 Å². The maximum atomic E-state index is 5.38. The van der Waals surface area contributed by atoms with Crippen molar-refractivity contribution in [3.8, 4) is 5.75 Å². The van der Waals surface area contributed by atoms with Gasteiger partial charge in [0.25, 0.3) is 0 Å². The molecule has 3 rings (SSSR count). The van der Waals surface area contributed by atoms with Gasteiger partial charge in [0.2, 0.25) is 5.95 Å². The third-order valence-electron chi connectivity index (χ3n) is 4.20. The van der Waals surface area contributed by atoms with Gasteiger partial charge in [-0.1, -0.05) is 31.0 Å². The second-order valence-corrected chi connectivity index (χ2v) is 5.81. The lowest BCUT2D eigenvalue weighted by Gasteiger charge is -2.21. The molecule has 5 nitrogen and oxygen atoms in total. The number of aromatic nitrogens is 2. The molecule has 1 aromatic heterocycles. The average molecular weight is 312 g/mol. The number of hydrogen-bond acceptors (Lipinski definition) is 5. The van der Waals surface area contributed by atoms with Gasteiger partial charge in [0.1, 0.15) is 11.6 Å². The first-order valence-electron chi connectivity index (χ1n) is 8.30. The molecule has 2 aromatic rings.